The molecule has 0 radical (unpaired) electrons. The van der Waals surface area contributed by atoms with E-state index in [0.29, 0.717) is 11.4 Å². The van der Waals surface area contributed by atoms with Crippen molar-refractivity contribution in [1.29, 1.82) is 0 Å². The molecule has 0 aliphatic carbocycles. The average molecular weight is 244 g/mol. The highest BCUT2D eigenvalue weighted by Gasteiger charge is 2.14. The molecule has 18 heavy (non-hydrogen) atoms. The van der Waals surface area contributed by atoms with Crippen LogP contribution in [0.2, 0.25) is 0 Å². The second-order valence-electron chi connectivity index (χ2n) is 4.15. The summed E-state index contributed by atoms with van der Waals surface area (Å²) in [6.07, 6.45) is 2.70. The first kappa shape index (κ1) is 12.3. The summed E-state index contributed by atoms with van der Waals surface area (Å²) in [5.41, 5.74) is 8.34. The first-order valence-corrected chi connectivity index (χ1v) is 5.87. The Balaban J connectivity index is 2.21. The van der Waals surface area contributed by atoms with Crippen molar-refractivity contribution < 1.29 is 4.79 Å². The van der Waals surface area contributed by atoms with Crippen molar-refractivity contribution in [1.82, 2.24) is 14.8 Å². The van der Waals surface area contributed by atoms with Crippen molar-refractivity contribution >= 4 is 11.5 Å². The van der Waals surface area contributed by atoms with Crippen LogP contribution in [0.4, 0.5) is 5.69 Å². The topological polar surface area (TPSA) is 73.8 Å². The van der Waals surface area contributed by atoms with E-state index >= 15 is 0 Å². The molecule has 0 aliphatic heterocycles. The molecule has 2 heterocycles. The molecule has 0 saturated carbocycles. The Hall–Kier alpha value is -2.17. The van der Waals surface area contributed by atoms with Gasteiger partial charge in [0.05, 0.1) is 17.8 Å². The summed E-state index contributed by atoms with van der Waals surface area (Å²) in [5, 5.41) is 4.31. The van der Waals surface area contributed by atoms with Crippen LogP contribution in [0.5, 0.6) is 0 Å². The van der Waals surface area contributed by atoms with Crippen molar-refractivity contribution in [2.45, 2.75) is 19.8 Å². The zero-order valence-electron chi connectivity index (χ0n) is 10.6. The van der Waals surface area contributed by atoms with E-state index in [-0.39, 0.29) is 12.2 Å². The number of nitrogen functional groups attached to an aromatic ring is 1. The Morgan fingerprint density at radius 2 is 2.28 bits per heavy atom. The minimum absolute atomic E-state index is 0.0845. The maximum absolute atomic E-state index is 12.1. The summed E-state index contributed by atoms with van der Waals surface area (Å²) in [4.78, 5) is 16.1. The molecule has 2 aromatic rings. The van der Waals surface area contributed by atoms with Gasteiger partial charge in [0, 0.05) is 18.9 Å². The molecule has 5 heteroatoms. The second kappa shape index (κ2) is 5.00. The molecular weight excluding hydrogens is 228 g/mol. The van der Waals surface area contributed by atoms with Gasteiger partial charge in [-0.3, -0.25) is 14.5 Å². The molecular formula is C13H16N4O. The van der Waals surface area contributed by atoms with Gasteiger partial charge in [-0.15, -0.1) is 0 Å². The highest BCUT2D eigenvalue weighted by molar-refractivity contribution is 5.99. The fourth-order valence-electron chi connectivity index (χ4n) is 1.81. The maximum Gasteiger partial charge on any atom is 0.189 e. The summed E-state index contributed by atoms with van der Waals surface area (Å²) in [7, 11) is 1.84. The number of aryl methyl sites for hydroxylation is 2. The van der Waals surface area contributed by atoms with Crippen LogP contribution >= 0.6 is 0 Å². The highest BCUT2D eigenvalue weighted by Crippen LogP contribution is 2.12. The Labute approximate surface area is 106 Å². The van der Waals surface area contributed by atoms with Crippen LogP contribution in [-0.4, -0.2) is 20.5 Å². The molecule has 0 aliphatic rings. The third-order valence-corrected chi connectivity index (χ3v) is 2.83. The number of nitrogens with two attached hydrogens (primary N) is 1. The first-order valence-electron chi connectivity index (χ1n) is 5.87. The van der Waals surface area contributed by atoms with E-state index in [2.05, 4.69) is 10.1 Å². The number of carbonyl (C=O) groups is 1. The normalized spacial score (nSPS) is 10.6. The lowest BCUT2D eigenvalue weighted by molar-refractivity contribution is 0.0987. The molecule has 0 unspecified atom stereocenters. The highest BCUT2D eigenvalue weighted by atomic mass is 16.1. The van der Waals surface area contributed by atoms with Crippen molar-refractivity contribution in [2.24, 2.45) is 7.05 Å². The number of rotatable bonds is 4. The zero-order valence-corrected chi connectivity index (χ0v) is 10.6. The summed E-state index contributed by atoms with van der Waals surface area (Å²) >= 11 is 0. The lowest BCUT2D eigenvalue weighted by atomic mass is 10.1. The van der Waals surface area contributed by atoms with Crippen LogP contribution in [0, 0.1) is 0 Å². The number of carbonyl (C=O) groups excluding carboxylic acids is 1. The Bertz CT molecular complexity index is 574. The Kier molecular flexibility index (Phi) is 3.41. The van der Waals surface area contributed by atoms with E-state index in [0.717, 1.165) is 17.8 Å². The fourth-order valence-corrected chi connectivity index (χ4v) is 1.81. The van der Waals surface area contributed by atoms with Crippen molar-refractivity contribution in [3.8, 4) is 0 Å². The van der Waals surface area contributed by atoms with Crippen LogP contribution in [0.25, 0.3) is 0 Å². The van der Waals surface area contributed by atoms with E-state index in [1.54, 1.807) is 23.0 Å². The average Bonchev–Trinajstić information content (AvgIpc) is 2.70. The number of hydrogen-bond donors (Lipinski definition) is 1. The largest absolute Gasteiger partial charge is 0.397 e. The van der Waals surface area contributed by atoms with E-state index < -0.39 is 0 Å². The van der Waals surface area contributed by atoms with Crippen molar-refractivity contribution in [3.05, 3.63) is 41.5 Å². The van der Waals surface area contributed by atoms with Gasteiger partial charge < -0.3 is 5.73 Å². The molecule has 5 nitrogen and oxygen atoms in total. The SMILES string of the molecule is CCc1cc(CC(=O)c2ncccc2N)n(C)n1. The summed E-state index contributed by atoms with van der Waals surface area (Å²) in [6.45, 7) is 2.03. The molecule has 0 saturated heterocycles. The van der Waals surface area contributed by atoms with Gasteiger partial charge in [0.2, 0.25) is 0 Å². The number of anilines is 1. The monoisotopic (exact) mass is 244 g/mol. The van der Waals surface area contributed by atoms with Crippen LogP contribution in [0.3, 0.4) is 0 Å². The molecule has 0 fully saturated rings. The van der Waals surface area contributed by atoms with Gasteiger partial charge in [-0.2, -0.15) is 5.10 Å². The molecule has 0 bridgehead atoms. The third-order valence-electron chi connectivity index (χ3n) is 2.83. The standard InChI is InChI=1S/C13H16N4O/c1-3-9-7-10(17(2)16-9)8-12(18)13-11(14)5-4-6-15-13/h4-7H,3,8,14H2,1-2H3. The molecule has 2 rings (SSSR count). The molecule has 2 N–H and O–H groups in total. The fraction of sp³-hybridized carbons (Fsp3) is 0.308. The van der Waals surface area contributed by atoms with Gasteiger partial charge >= 0.3 is 0 Å². The summed E-state index contributed by atoms with van der Waals surface area (Å²) < 4.78 is 1.73. The van der Waals surface area contributed by atoms with Gasteiger partial charge in [-0.1, -0.05) is 6.92 Å². The van der Waals surface area contributed by atoms with Crippen molar-refractivity contribution in [2.75, 3.05) is 5.73 Å². The van der Waals surface area contributed by atoms with Gasteiger partial charge in [-0.05, 0) is 24.6 Å². The Morgan fingerprint density at radius 1 is 1.50 bits per heavy atom. The van der Waals surface area contributed by atoms with E-state index in [9.17, 15) is 4.79 Å². The summed E-state index contributed by atoms with van der Waals surface area (Å²) in [6, 6.07) is 5.34. The Morgan fingerprint density at radius 3 is 2.89 bits per heavy atom. The third kappa shape index (κ3) is 2.40. The maximum atomic E-state index is 12.1. The number of nitrogens with zero attached hydrogens (tertiary/aromatic N) is 3. The predicted octanol–water partition coefficient (Wildman–Crippen LogP) is 1.39. The van der Waals surface area contributed by atoms with Crippen LogP contribution in [-0.2, 0) is 19.9 Å². The number of aromatic nitrogens is 3. The van der Waals surface area contributed by atoms with Crippen molar-refractivity contribution in [3.63, 3.8) is 0 Å². The number of hydrogen-bond acceptors (Lipinski definition) is 4. The van der Waals surface area contributed by atoms with Crippen LogP contribution in [0.1, 0.15) is 28.8 Å². The number of ketones is 1. The summed E-state index contributed by atoms with van der Waals surface area (Å²) in [5.74, 6) is -0.0845. The smallest absolute Gasteiger partial charge is 0.189 e. The first-order chi connectivity index (χ1) is 8.61. The van der Waals surface area contributed by atoms with Gasteiger partial charge in [-0.25, -0.2) is 0 Å². The second-order valence-corrected chi connectivity index (χ2v) is 4.15. The molecule has 0 spiro atoms. The molecule has 94 valence electrons. The zero-order chi connectivity index (χ0) is 13.1. The quantitative estimate of drug-likeness (QED) is 0.825. The minimum Gasteiger partial charge on any atom is -0.397 e. The predicted molar refractivity (Wildman–Crippen MR) is 69.3 cm³/mol. The minimum atomic E-state index is -0.0845. The number of Topliss-reactive ketones (excluding diaryl/α,β-unsaturated/α-hetero) is 1. The lowest BCUT2D eigenvalue weighted by Crippen LogP contribution is -2.11. The van der Waals surface area contributed by atoms with E-state index in [4.69, 9.17) is 5.73 Å². The molecule has 0 aromatic carbocycles. The molecule has 2 aromatic heterocycles. The van der Waals surface area contributed by atoms with Gasteiger partial charge in [0.1, 0.15) is 5.69 Å². The lowest BCUT2D eigenvalue weighted by Gasteiger charge is -2.03. The molecule has 0 atom stereocenters. The van der Waals surface area contributed by atoms with Gasteiger partial charge in [0.25, 0.3) is 0 Å². The van der Waals surface area contributed by atoms with Crippen LogP contribution < -0.4 is 5.73 Å². The van der Waals surface area contributed by atoms with E-state index in [1.165, 1.54) is 0 Å². The number of pyridine rings is 1. The molecule has 0 amide bonds. The van der Waals surface area contributed by atoms with E-state index in [1.807, 2.05) is 20.0 Å². The van der Waals surface area contributed by atoms with Crippen LogP contribution in [0.15, 0.2) is 24.4 Å². The van der Waals surface area contributed by atoms with Gasteiger partial charge in [0.15, 0.2) is 5.78 Å².